The van der Waals surface area contributed by atoms with E-state index in [1.807, 2.05) is 35.4 Å². The first-order valence-corrected chi connectivity index (χ1v) is 12.5. The van der Waals surface area contributed by atoms with Crippen LogP contribution < -0.4 is 4.74 Å². The molecule has 0 saturated heterocycles. The first kappa shape index (κ1) is 25.6. The van der Waals surface area contributed by atoms with Crippen molar-refractivity contribution in [2.24, 2.45) is 0 Å². The van der Waals surface area contributed by atoms with E-state index in [1.54, 1.807) is 54.6 Å². The Labute approximate surface area is 224 Å². The van der Waals surface area contributed by atoms with Crippen molar-refractivity contribution in [3.63, 3.8) is 0 Å². The number of allylic oxidation sites excluding steroid dienone is 2. The maximum atomic E-state index is 15.2. The highest BCUT2D eigenvalue weighted by atomic mass is 35.5. The van der Waals surface area contributed by atoms with E-state index in [2.05, 4.69) is 4.98 Å². The van der Waals surface area contributed by atoms with Crippen LogP contribution in [0.2, 0.25) is 5.02 Å². The molecule has 7 heteroatoms. The summed E-state index contributed by atoms with van der Waals surface area (Å²) in [5.41, 5.74) is 2.61. The minimum absolute atomic E-state index is 0.0144. The molecule has 2 heterocycles. The Morgan fingerprint density at radius 1 is 0.789 bits per heavy atom. The number of aromatic nitrogens is 1. The van der Waals surface area contributed by atoms with Crippen molar-refractivity contribution >= 4 is 11.6 Å². The Hall–Kier alpha value is -4.03. The van der Waals surface area contributed by atoms with E-state index in [0.29, 0.717) is 51.8 Å². The number of ether oxygens (including phenoxy) is 1. The third-order valence-corrected chi connectivity index (χ3v) is 6.59. The van der Waals surface area contributed by atoms with Crippen molar-refractivity contribution in [3.05, 3.63) is 142 Å². The third kappa shape index (κ3) is 6.09. The molecule has 4 aromatic rings. The lowest BCUT2D eigenvalue weighted by Crippen LogP contribution is -2.32. The normalized spacial score (nSPS) is 14.6. The zero-order valence-corrected chi connectivity index (χ0v) is 21.1. The largest absolute Gasteiger partial charge is 0.473 e. The molecule has 3 aromatic carbocycles. The molecule has 1 atom stereocenters. The molecule has 5 rings (SSSR count). The van der Waals surface area contributed by atoms with E-state index in [1.165, 1.54) is 18.2 Å². The van der Waals surface area contributed by atoms with Gasteiger partial charge < -0.3 is 9.64 Å². The standard InChI is InChI=1S/C31H24ClF3N2O/c32-25-14-13-24(29(35)18-25)20-38-31-10-5-9-30(36-31)22-12-11-21(28(34)17-22)16-26-7-3-4-15-37(26)19-23-6-1-2-8-27(23)33/h1-15,17-18,26H,16,19-20H2. The van der Waals surface area contributed by atoms with Crippen LogP contribution in [0.4, 0.5) is 13.2 Å². The SMILES string of the molecule is Fc1cc(Cl)ccc1COc1cccc(-c2ccc(CC3C=CC=CN3Cc3ccccc3F)c(F)c2)n1. The number of benzene rings is 3. The maximum absolute atomic E-state index is 15.2. The second-order valence-corrected chi connectivity index (χ2v) is 9.39. The van der Waals surface area contributed by atoms with E-state index in [9.17, 15) is 8.78 Å². The average Bonchev–Trinajstić information content (AvgIpc) is 2.92. The molecule has 0 saturated carbocycles. The predicted molar refractivity (Wildman–Crippen MR) is 143 cm³/mol. The van der Waals surface area contributed by atoms with Gasteiger partial charge in [0.05, 0.1) is 11.7 Å². The van der Waals surface area contributed by atoms with Crippen LogP contribution in [0.5, 0.6) is 5.88 Å². The van der Waals surface area contributed by atoms with Gasteiger partial charge in [-0.3, -0.25) is 0 Å². The first-order valence-electron chi connectivity index (χ1n) is 12.1. The summed E-state index contributed by atoms with van der Waals surface area (Å²) in [6.45, 7) is 0.369. The summed E-state index contributed by atoms with van der Waals surface area (Å²) in [6.07, 6.45) is 8.11. The van der Waals surface area contributed by atoms with Gasteiger partial charge in [0.25, 0.3) is 0 Å². The molecular formula is C31H24ClF3N2O. The molecule has 0 radical (unpaired) electrons. The summed E-state index contributed by atoms with van der Waals surface area (Å²) < 4.78 is 49.1. The summed E-state index contributed by atoms with van der Waals surface area (Å²) in [5, 5.41) is 0.311. The fraction of sp³-hybridized carbons (Fsp3) is 0.129. The highest BCUT2D eigenvalue weighted by Gasteiger charge is 2.19. The van der Waals surface area contributed by atoms with Crippen LogP contribution in [-0.4, -0.2) is 15.9 Å². The smallest absolute Gasteiger partial charge is 0.214 e. The van der Waals surface area contributed by atoms with Gasteiger partial charge >= 0.3 is 0 Å². The molecule has 38 heavy (non-hydrogen) atoms. The topological polar surface area (TPSA) is 25.4 Å². The monoisotopic (exact) mass is 532 g/mol. The molecule has 1 aliphatic heterocycles. The van der Waals surface area contributed by atoms with Gasteiger partial charge in [-0.1, -0.05) is 66.2 Å². The van der Waals surface area contributed by atoms with Crippen LogP contribution in [0.25, 0.3) is 11.3 Å². The summed E-state index contributed by atoms with van der Waals surface area (Å²) in [4.78, 5) is 6.46. The Kier molecular flexibility index (Phi) is 7.80. The fourth-order valence-electron chi connectivity index (χ4n) is 4.30. The molecule has 0 fully saturated rings. The van der Waals surface area contributed by atoms with E-state index in [0.717, 1.165) is 0 Å². The van der Waals surface area contributed by atoms with Crippen LogP contribution in [-0.2, 0) is 19.6 Å². The summed E-state index contributed by atoms with van der Waals surface area (Å²) in [5.74, 6) is -0.777. The Balaban J connectivity index is 1.28. The van der Waals surface area contributed by atoms with Gasteiger partial charge in [-0.2, -0.15) is 0 Å². The third-order valence-electron chi connectivity index (χ3n) is 6.35. The number of hydrogen-bond donors (Lipinski definition) is 0. The quantitative estimate of drug-likeness (QED) is 0.231. The Bertz CT molecular complexity index is 1500. The van der Waals surface area contributed by atoms with E-state index in [4.69, 9.17) is 16.3 Å². The lowest BCUT2D eigenvalue weighted by molar-refractivity contribution is 0.288. The predicted octanol–water partition coefficient (Wildman–Crippen LogP) is 7.90. The van der Waals surface area contributed by atoms with Crippen LogP contribution >= 0.6 is 11.6 Å². The number of nitrogens with zero attached hydrogens (tertiary/aromatic N) is 2. The zero-order valence-electron chi connectivity index (χ0n) is 20.3. The lowest BCUT2D eigenvalue weighted by atomic mass is 9.99. The molecular weight excluding hydrogens is 509 g/mol. The van der Waals surface area contributed by atoms with Gasteiger partial charge in [-0.25, -0.2) is 18.2 Å². The number of rotatable bonds is 8. The van der Waals surface area contributed by atoms with Crippen molar-refractivity contribution < 1.29 is 17.9 Å². The van der Waals surface area contributed by atoms with Gasteiger partial charge in [0.2, 0.25) is 5.88 Å². The number of pyridine rings is 1. The zero-order chi connectivity index (χ0) is 26.5. The highest BCUT2D eigenvalue weighted by Crippen LogP contribution is 2.26. The second kappa shape index (κ2) is 11.6. The van der Waals surface area contributed by atoms with Crippen LogP contribution in [0.1, 0.15) is 16.7 Å². The minimum Gasteiger partial charge on any atom is -0.473 e. The van der Waals surface area contributed by atoms with Gasteiger partial charge in [-0.05, 0) is 54.6 Å². The van der Waals surface area contributed by atoms with Crippen LogP contribution in [0, 0.1) is 17.5 Å². The van der Waals surface area contributed by atoms with Gasteiger partial charge in [-0.15, -0.1) is 0 Å². The van der Waals surface area contributed by atoms with E-state index >= 15 is 4.39 Å². The van der Waals surface area contributed by atoms with Crippen molar-refractivity contribution in [2.45, 2.75) is 25.6 Å². The molecule has 1 unspecified atom stereocenters. The maximum Gasteiger partial charge on any atom is 0.214 e. The van der Waals surface area contributed by atoms with Crippen LogP contribution in [0.3, 0.4) is 0 Å². The molecule has 192 valence electrons. The van der Waals surface area contributed by atoms with Gasteiger partial charge in [0.1, 0.15) is 24.1 Å². The summed E-state index contributed by atoms with van der Waals surface area (Å²) in [7, 11) is 0. The molecule has 1 aromatic heterocycles. The van der Waals surface area contributed by atoms with E-state index in [-0.39, 0.29) is 24.3 Å². The Morgan fingerprint density at radius 3 is 2.42 bits per heavy atom. The summed E-state index contributed by atoms with van der Waals surface area (Å²) in [6, 6.07) is 21.1. The summed E-state index contributed by atoms with van der Waals surface area (Å²) >= 11 is 5.80. The second-order valence-electron chi connectivity index (χ2n) is 8.95. The number of halogens is 4. The first-order chi connectivity index (χ1) is 18.5. The molecule has 0 aliphatic carbocycles. The molecule has 0 amide bonds. The fourth-order valence-corrected chi connectivity index (χ4v) is 4.46. The van der Waals surface area contributed by atoms with Crippen LogP contribution in [0.15, 0.2) is 103 Å². The van der Waals surface area contributed by atoms with Crippen molar-refractivity contribution in [1.82, 2.24) is 9.88 Å². The molecule has 0 bridgehead atoms. The number of hydrogen-bond acceptors (Lipinski definition) is 3. The minimum atomic E-state index is -0.456. The van der Waals surface area contributed by atoms with Crippen molar-refractivity contribution in [3.8, 4) is 17.1 Å². The lowest BCUT2D eigenvalue weighted by Gasteiger charge is -2.31. The molecule has 0 N–H and O–H groups in total. The van der Waals surface area contributed by atoms with Crippen molar-refractivity contribution in [1.29, 1.82) is 0 Å². The van der Waals surface area contributed by atoms with E-state index < -0.39 is 5.82 Å². The molecule has 3 nitrogen and oxygen atoms in total. The Morgan fingerprint density at radius 2 is 1.61 bits per heavy atom. The molecule has 1 aliphatic rings. The molecule has 0 spiro atoms. The highest BCUT2D eigenvalue weighted by molar-refractivity contribution is 6.30. The average molecular weight is 533 g/mol. The van der Waals surface area contributed by atoms with Gasteiger partial charge in [0.15, 0.2) is 0 Å². The van der Waals surface area contributed by atoms with Gasteiger partial charge in [0, 0.05) is 34.3 Å². The van der Waals surface area contributed by atoms with Crippen molar-refractivity contribution in [2.75, 3.05) is 0 Å².